The lowest BCUT2D eigenvalue weighted by Crippen LogP contribution is -2.53. The van der Waals surface area contributed by atoms with Crippen LogP contribution in [0.4, 0.5) is 5.69 Å². The fourth-order valence-electron chi connectivity index (χ4n) is 4.99. The van der Waals surface area contributed by atoms with Crippen molar-refractivity contribution < 1.29 is 18.0 Å². The third kappa shape index (κ3) is 8.82. The lowest BCUT2D eigenvalue weighted by Gasteiger charge is -2.34. The van der Waals surface area contributed by atoms with E-state index >= 15 is 0 Å². The smallest absolute Gasteiger partial charge is 0.264 e. The molecule has 0 bridgehead atoms. The molecule has 4 aromatic carbocycles. The van der Waals surface area contributed by atoms with Gasteiger partial charge in [-0.3, -0.25) is 13.9 Å². The predicted molar refractivity (Wildman–Crippen MR) is 186 cm³/mol. The Balaban J connectivity index is 1.83. The molecule has 0 radical (unpaired) electrons. The molecule has 0 aliphatic rings. The predicted octanol–water partition coefficient (Wildman–Crippen LogP) is 7.71. The quantitative estimate of drug-likeness (QED) is 0.137. The van der Waals surface area contributed by atoms with Gasteiger partial charge in [-0.05, 0) is 66.4 Å². The molecule has 0 aromatic heterocycles. The second-order valence-electron chi connectivity index (χ2n) is 10.8. The summed E-state index contributed by atoms with van der Waals surface area (Å²) in [4.78, 5) is 29.9. The summed E-state index contributed by atoms with van der Waals surface area (Å²) < 4.78 is 29.4. The van der Waals surface area contributed by atoms with Crippen LogP contribution in [0.1, 0.15) is 36.5 Å². The number of hydrogen-bond acceptors (Lipinski definition) is 4. The molecule has 0 saturated carbocycles. The summed E-state index contributed by atoms with van der Waals surface area (Å²) in [6, 6.07) is 26.0. The van der Waals surface area contributed by atoms with Gasteiger partial charge in [-0.2, -0.15) is 0 Å². The number of nitrogens with zero attached hydrogens (tertiary/aromatic N) is 2. The minimum atomic E-state index is -4.25. The Labute approximate surface area is 286 Å². The molecule has 4 rings (SSSR count). The highest BCUT2D eigenvalue weighted by molar-refractivity contribution is 7.92. The van der Waals surface area contributed by atoms with Gasteiger partial charge in [0.25, 0.3) is 10.0 Å². The van der Waals surface area contributed by atoms with Crippen molar-refractivity contribution in [3.8, 4) is 0 Å². The van der Waals surface area contributed by atoms with Gasteiger partial charge in [0.2, 0.25) is 11.8 Å². The van der Waals surface area contributed by atoms with Crippen LogP contribution in [0.15, 0.2) is 102 Å². The van der Waals surface area contributed by atoms with Gasteiger partial charge in [0, 0.05) is 34.6 Å². The van der Waals surface area contributed by atoms with Gasteiger partial charge in [0.1, 0.15) is 12.6 Å². The van der Waals surface area contributed by atoms with E-state index in [2.05, 4.69) is 5.32 Å². The highest BCUT2D eigenvalue weighted by atomic mass is 35.5. The number of amides is 2. The van der Waals surface area contributed by atoms with Crippen LogP contribution in [-0.4, -0.2) is 44.3 Å². The Morgan fingerprint density at radius 2 is 1.52 bits per heavy atom. The number of halogens is 3. The van der Waals surface area contributed by atoms with Crippen LogP contribution in [0, 0.1) is 6.92 Å². The number of hydrogen-bond donors (Lipinski definition) is 1. The van der Waals surface area contributed by atoms with Crippen LogP contribution < -0.4 is 9.62 Å². The van der Waals surface area contributed by atoms with Gasteiger partial charge in [0.15, 0.2) is 0 Å². The Morgan fingerprint density at radius 1 is 0.848 bits per heavy atom. The number of carbonyl (C=O) groups excluding carboxylic acids is 2. The molecule has 1 N–H and O–H groups in total. The van der Waals surface area contributed by atoms with Gasteiger partial charge in [-0.1, -0.05) is 109 Å². The van der Waals surface area contributed by atoms with E-state index < -0.39 is 28.5 Å². The number of anilines is 1. The first-order valence-corrected chi connectivity index (χ1v) is 17.5. The molecule has 7 nitrogen and oxygen atoms in total. The fourth-order valence-corrected chi connectivity index (χ4v) is 7.12. The van der Waals surface area contributed by atoms with E-state index in [1.54, 1.807) is 61.5 Å². The van der Waals surface area contributed by atoms with Gasteiger partial charge < -0.3 is 10.2 Å². The van der Waals surface area contributed by atoms with E-state index in [9.17, 15) is 18.0 Å². The average molecular weight is 701 g/mol. The first-order chi connectivity index (χ1) is 22.0. The summed E-state index contributed by atoms with van der Waals surface area (Å²) in [5, 5.41) is 4.05. The van der Waals surface area contributed by atoms with Crippen molar-refractivity contribution in [3.63, 3.8) is 0 Å². The molecular weight excluding hydrogens is 665 g/mol. The van der Waals surface area contributed by atoms with Crippen LogP contribution >= 0.6 is 34.8 Å². The Morgan fingerprint density at radius 3 is 2.17 bits per heavy atom. The Hall–Kier alpha value is -3.56. The van der Waals surface area contributed by atoms with E-state index in [1.807, 2.05) is 37.3 Å². The number of sulfonamides is 1. The fraction of sp³-hybridized carbons (Fsp3) is 0.257. The largest absolute Gasteiger partial charge is 0.354 e. The van der Waals surface area contributed by atoms with Crippen molar-refractivity contribution >= 4 is 62.3 Å². The molecule has 1 atom stereocenters. The summed E-state index contributed by atoms with van der Waals surface area (Å²) in [6.07, 6.45) is 1.83. The Bertz CT molecular complexity index is 1760. The lowest BCUT2D eigenvalue weighted by molar-refractivity contribution is -0.140. The van der Waals surface area contributed by atoms with Gasteiger partial charge in [-0.15, -0.1) is 0 Å². The molecule has 0 aliphatic carbocycles. The van der Waals surface area contributed by atoms with Crippen molar-refractivity contribution in [1.29, 1.82) is 0 Å². The first-order valence-electron chi connectivity index (χ1n) is 14.9. The summed E-state index contributed by atoms with van der Waals surface area (Å²) in [5.74, 6) is -0.955. The number of nitrogens with one attached hydrogen (secondary N) is 1. The van der Waals surface area contributed by atoms with Gasteiger partial charge in [0.05, 0.1) is 10.6 Å². The van der Waals surface area contributed by atoms with E-state index in [0.717, 1.165) is 22.7 Å². The summed E-state index contributed by atoms with van der Waals surface area (Å²) >= 11 is 19.2. The number of benzene rings is 4. The van der Waals surface area contributed by atoms with Crippen molar-refractivity contribution in [2.45, 2.75) is 50.6 Å². The SMILES string of the molecule is CCCCNC(=O)C(Cc1ccccc1)N(Cc1ccc(Cl)cc1Cl)C(=O)CN(c1cccc(Cl)c1C)S(=O)(=O)c1ccccc1. The molecule has 242 valence electrons. The molecule has 0 fully saturated rings. The molecule has 0 spiro atoms. The third-order valence-electron chi connectivity index (χ3n) is 7.57. The van der Waals surface area contributed by atoms with E-state index in [0.29, 0.717) is 32.7 Å². The van der Waals surface area contributed by atoms with Crippen molar-refractivity contribution in [1.82, 2.24) is 10.2 Å². The minimum Gasteiger partial charge on any atom is -0.354 e. The van der Waals surface area contributed by atoms with Gasteiger partial charge in [-0.25, -0.2) is 8.42 Å². The maximum absolute atomic E-state index is 14.6. The average Bonchev–Trinajstić information content (AvgIpc) is 3.04. The number of carbonyl (C=O) groups is 2. The summed E-state index contributed by atoms with van der Waals surface area (Å²) in [5.41, 5.74) is 2.12. The zero-order chi connectivity index (χ0) is 33.3. The maximum atomic E-state index is 14.6. The molecule has 46 heavy (non-hydrogen) atoms. The summed E-state index contributed by atoms with van der Waals surface area (Å²) in [7, 11) is -4.25. The molecular formula is C35H36Cl3N3O4S. The second-order valence-corrected chi connectivity index (χ2v) is 13.9. The molecule has 0 heterocycles. The molecule has 0 saturated heterocycles. The monoisotopic (exact) mass is 699 g/mol. The van der Waals surface area contributed by atoms with E-state index in [-0.39, 0.29) is 29.5 Å². The normalized spacial score (nSPS) is 11.9. The van der Waals surface area contributed by atoms with Crippen molar-refractivity contribution in [2.24, 2.45) is 0 Å². The van der Waals surface area contributed by atoms with E-state index in [1.165, 1.54) is 17.0 Å². The minimum absolute atomic E-state index is 0.00705. The van der Waals surface area contributed by atoms with Crippen LogP contribution in [0.3, 0.4) is 0 Å². The van der Waals surface area contributed by atoms with Crippen LogP contribution in [0.2, 0.25) is 15.1 Å². The molecule has 0 aliphatic heterocycles. The summed E-state index contributed by atoms with van der Waals surface area (Å²) in [6.45, 7) is 3.48. The van der Waals surface area contributed by atoms with Crippen molar-refractivity contribution in [3.05, 3.63) is 129 Å². The molecule has 2 amide bonds. The van der Waals surface area contributed by atoms with Crippen molar-refractivity contribution in [2.75, 3.05) is 17.4 Å². The number of unbranched alkanes of at least 4 members (excludes halogenated alkanes) is 1. The van der Waals surface area contributed by atoms with Crippen LogP contribution in [0.25, 0.3) is 0 Å². The second kappa shape index (κ2) is 16.3. The topological polar surface area (TPSA) is 86.8 Å². The molecule has 1 unspecified atom stereocenters. The first kappa shape index (κ1) is 35.3. The maximum Gasteiger partial charge on any atom is 0.264 e. The highest BCUT2D eigenvalue weighted by Crippen LogP contribution is 2.32. The number of rotatable bonds is 14. The zero-order valence-corrected chi connectivity index (χ0v) is 28.7. The molecule has 11 heteroatoms. The van der Waals surface area contributed by atoms with Crippen LogP contribution in [0.5, 0.6) is 0 Å². The van der Waals surface area contributed by atoms with E-state index in [4.69, 9.17) is 34.8 Å². The third-order valence-corrected chi connectivity index (χ3v) is 10.3. The molecule has 4 aromatic rings. The standard InChI is InChI=1S/C35H36Cl3N3O4S/c1-3-4-20-39-35(43)33(21-26-12-7-5-8-13-26)40(23-27-18-19-28(36)22-31(27)38)34(42)24-41(32-17-11-16-30(37)25(32)2)46(44,45)29-14-9-6-10-15-29/h5-19,22,33H,3-4,20-21,23-24H2,1-2H3,(H,39,43). The highest BCUT2D eigenvalue weighted by Gasteiger charge is 2.35. The lowest BCUT2D eigenvalue weighted by atomic mass is 10.0. The Kier molecular flexibility index (Phi) is 12.5. The van der Waals surface area contributed by atoms with Gasteiger partial charge >= 0.3 is 0 Å². The zero-order valence-electron chi connectivity index (χ0n) is 25.6. The van der Waals surface area contributed by atoms with Crippen LogP contribution in [-0.2, 0) is 32.6 Å².